The molecule has 0 aliphatic carbocycles. The lowest BCUT2D eigenvalue weighted by Gasteiger charge is -2.23. The predicted octanol–water partition coefficient (Wildman–Crippen LogP) is -0.127. The number of carbonyl (C=O) groups excluding carboxylic acids is 1. The molecule has 0 aromatic heterocycles. The molecule has 82 valence electrons. The van der Waals surface area contributed by atoms with Crippen LogP contribution < -0.4 is 10.6 Å². The van der Waals surface area contributed by atoms with E-state index >= 15 is 0 Å². The number of rotatable bonds is 4. The van der Waals surface area contributed by atoms with Gasteiger partial charge in [-0.3, -0.25) is 4.79 Å². The number of nitrogens with one attached hydrogen (secondary N) is 2. The van der Waals surface area contributed by atoms with Crippen molar-refractivity contribution >= 4 is 5.91 Å². The fourth-order valence-corrected chi connectivity index (χ4v) is 1.70. The van der Waals surface area contributed by atoms with Crippen molar-refractivity contribution in [3.63, 3.8) is 0 Å². The SMILES string of the molecule is CC(CCO)NC(=O)[C@@H]1CCCNC1. The number of hydrogen-bond donors (Lipinski definition) is 3. The minimum atomic E-state index is 0.0782. The zero-order valence-electron chi connectivity index (χ0n) is 8.75. The molecular formula is C10H20N2O2. The van der Waals surface area contributed by atoms with Crippen molar-refractivity contribution in [3.8, 4) is 0 Å². The molecule has 0 spiro atoms. The molecule has 1 aliphatic heterocycles. The Kier molecular flexibility index (Phi) is 4.90. The van der Waals surface area contributed by atoms with E-state index in [0.29, 0.717) is 6.42 Å². The molecule has 14 heavy (non-hydrogen) atoms. The van der Waals surface area contributed by atoms with Gasteiger partial charge in [0.2, 0.25) is 5.91 Å². The van der Waals surface area contributed by atoms with Crippen LogP contribution in [0.15, 0.2) is 0 Å². The Morgan fingerprint density at radius 3 is 3.07 bits per heavy atom. The minimum Gasteiger partial charge on any atom is -0.396 e. The van der Waals surface area contributed by atoms with Crippen LogP contribution in [0, 0.1) is 5.92 Å². The quantitative estimate of drug-likeness (QED) is 0.592. The van der Waals surface area contributed by atoms with Crippen molar-refractivity contribution < 1.29 is 9.90 Å². The summed E-state index contributed by atoms with van der Waals surface area (Å²) in [5.41, 5.74) is 0. The third-order valence-corrected chi connectivity index (χ3v) is 2.62. The van der Waals surface area contributed by atoms with Gasteiger partial charge < -0.3 is 15.7 Å². The summed E-state index contributed by atoms with van der Waals surface area (Å²) in [6, 6.07) is 0.0782. The Morgan fingerprint density at radius 2 is 2.50 bits per heavy atom. The molecule has 1 fully saturated rings. The lowest BCUT2D eigenvalue weighted by atomic mass is 9.98. The standard InChI is InChI=1S/C10H20N2O2/c1-8(4-6-13)12-10(14)9-3-2-5-11-7-9/h8-9,11,13H,2-7H2,1H3,(H,12,14)/t8?,9-/m1/s1. The van der Waals surface area contributed by atoms with Crippen LogP contribution in [0.3, 0.4) is 0 Å². The summed E-state index contributed by atoms with van der Waals surface area (Å²) in [6.45, 7) is 3.86. The first-order chi connectivity index (χ1) is 6.74. The normalized spacial score (nSPS) is 24.3. The van der Waals surface area contributed by atoms with E-state index in [1.54, 1.807) is 0 Å². The number of amides is 1. The summed E-state index contributed by atoms with van der Waals surface area (Å²) in [7, 11) is 0. The van der Waals surface area contributed by atoms with Gasteiger partial charge in [0.1, 0.15) is 0 Å². The average Bonchev–Trinajstić information content (AvgIpc) is 2.19. The molecule has 1 aliphatic rings. The van der Waals surface area contributed by atoms with Gasteiger partial charge in [0, 0.05) is 19.2 Å². The minimum absolute atomic E-state index is 0.0782. The molecule has 4 nitrogen and oxygen atoms in total. The van der Waals surface area contributed by atoms with E-state index in [9.17, 15) is 4.79 Å². The Morgan fingerprint density at radius 1 is 1.71 bits per heavy atom. The highest BCUT2D eigenvalue weighted by Crippen LogP contribution is 2.10. The first kappa shape index (κ1) is 11.5. The Labute approximate surface area is 85.1 Å². The monoisotopic (exact) mass is 200 g/mol. The number of aliphatic hydroxyl groups is 1. The summed E-state index contributed by atoms with van der Waals surface area (Å²) in [6.07, 6.45) is 2.68. The second kappa shape index (κ2) is 5.98. The van der Waals surface area contributed by atoms with Crippen molar-refractivity contribution in [2.24, 2.45) is 5.92 Å². The van der Waals surface area contributed by atoms with E-state index in [1.807, 2.05) is 6.92 Å². The van der Waals surface area contributed by atoms with Crippen LogP contribution in [-0.2, 0) is 4.79 Å². The molecule has 1 amide bonds. The average molecular weight is 200 g/mol. The lowest BCUT2D eigenvalue weighted by Crippen LogP contribution is -2.43. The maximum absolute atomic E-state index is 11.7. The first-order valence-corrected chi connectivity index (χ1v) is 5.36. The Balaban J connectivity index is 2.25. The number of carbonyl (C=O) groups is 1. The summed E-state index contributed by atoms with van der Waals surface area (Å²) in [5.74, 6) is 0.239. The number of aliphatic hydroxyl groups excluding tert-OH is 1. The van der Waals surface area contributed by atoms with Gasteiger partial charge in [0.15, 0.2) is 0 Å². The molecule has 0 aromatic carbocycles. The zero-order valence-corrected chi connectivity index (χ0v) is 8.75. The van der Waals surface area contributed by atoms with Crippen LogP contribution in [0.25, 0.3) is 0 Å². The maximum atomic E-state index is 11.7. The zero-order chi connectivity index (χ0) is 10.4. The molecule has 1 rings (SSSR count). The summed E-state index contributed by atoms with van der Waals surface area (Å²) in [4.78, 5) is 11.7. The van der Waals surface area contributed by atoms with Gasteiger partial charge in [-0.1, -0.05) is 0 Å². The van der Waals surface area contributed by atoms with Gasteiger partial charge in [0.25, 0.3) is 0 Å². The molecule has 0 aromatic rings. The fourth-order valence-electron chi connectivity index (χ4n) is 1.70. The third-order valence-electron chi connectivity index (χ3n) is 2.62. The van der Waals surface area contributed by atoms with Crippen LogP contribution in [0.1, 0.15) is 26.2 Å². The van der Waals surface area contributed by atoms with Crippen LogP contribution in [0.5, 0.6) is 0 Å². The highest BCUT2D eigenvalue weighted by atomic mass is 16.3. The maximum Gasteiger partial charge on any atom is 0.224 e. The number of hydrogen-bond acceptors (Lipinski definition) is 3. The van der Waals surface area contributed by atoms with Crippen molar-refractivity contribution in [2.45, 2.75) is 32.2 Å². The van der Waals surface area contributed by atoms with E-state index in [-0.39, 0.29) is 24.5 Å². The summed E-state index contributed by atoms with van der Waals surface area (Å²) < 4.78 is 0. The lowest BCUT2D eigenvalue weighted by molar-refractivity contribution is -0.126. The third kappa shape index (κ3) is 3.64. The van der Waals surface area contributed by atoms with E-state index in [2.05, 4.69) is 10.6 Å². The Bertz CT molecular complexity index is 179. The van der Waals surface area contributed by atoms with Crippen LogP contribution in [-0.4, -0.2) is 36.8 Å². The van der Waals surface area contributed by atoms with Gasteiger partial charge >= 0.3 is 0 Å². The van der Waals surface area contributed by atoms with Gasteiger partial charge in [-0.15, -0.1) is 0 Å². The van der Waals surface area contributed by atoms with E-state index in [1.165, 1.54) is 0 Å². The van der Waals surface area contributed by atoms with Crippen LogP contribution in [0.4, 0.5) is 0 Å². The number of piperidine rings is 1. The van der Waals surface area contributed by atoms with Gasteiger partial charge in [0.05, 0.1) is 5.92 Å². The Hall–Kier alpha value is -0.610. The first-order valence-electron chi connectivity index (χ1n) is 5.36. The molecule has 0 saturated carbocycles. The smallest absolute Gasteiger partial charge is 0.224 e. The van der Waals surface area contributed by atoms with Gasteiger partial charge in [-0.25, -0.2) is 0 Å². The van der Waals surface area contributed by atoms with E-state index < -0.39 is 0 Å². The highest BCUT2D eigenvalue weighted by molar-refractivity contribution is 5.79. The fraction of sp³-hybridized carbons (Fsp3) is 0.900. The summed E-state index contributed by atoms with van der Waals surface area (Å²) >= 11 is 0. The molecule has 1 saturated heterocycles. The molecule has 2 atom stereocenters. The molecule has 3 N–H and O–H groups in total. The van der Waals surface area contributed by atoms with E-state index in [0.717, 1.165) is 25.9 Å². The van der Waals surface area contributed by atoms with Crippen molar-refractivity contribution in [2.75, 3.05) is 19.7 Å². The molecule has 4 heteroatoms. The second-order valence-electron chi connectivity index (χ2n) is 3.97. The van der Waals surface area contributed by atoms with Gasteiger partial charge in [-0.05, 0) is 32.7 Å². The highest BCUT2D eigenvalue weighted by Gasteiger charge is 2.21. The molecule has 1 heterocycles. The van der Waals surface area contributed by atoms with Crippen LogP contribution >= 0.6 is 0 Å². The topological polar surface area (TPSA) is 61.4 Å². The predicted molar refractivity (Wildman–Crippen MR) is 54.9 cm³/mol. The van der Waals surface area contributed by atoms with Crippen LogP contribution in [0.2, 0.25) is 0 Å². The second-order valence-corrected chi connectivity index (χ2v) is 3.97. The van der Waals surface area contributed by atoms with E-state index in [4.69, 9.17) is 5.11 Å². The summed E-state index contributed by atoms with van der Waals surface area (Å²) in [5, 5.41) is 14.8. The molecule has 0 bridgehead atoms. The molecular weight excluding hydrogens is 180 g/mol. The van der Waals surface area contributed by atoms with Crippen molar-refractivity contribution in [1.82, 2.24) is 10.6 Å². The van der Waals surface area contributed by atoms with Gasteiger partial charge in [-0.2, -0.15) is 0 Å². The molecule has 0 radical (unpaired) electrons. The van der Waals surface area contributed by atoms with Crippen molar-refractivity contribution in [1.29, 1.82) is 0 Å². The van der Waals surface area contributed by atoms with Crippen molar-refractivity contribution in [3.05, 3.63) is 0 Å². The molecule has 1 unspecified atom stereocenters. The largest absolute Gasteiger partial charge is 0.396 e.